The Balaban J connectivity index is 1.70. The molecule has 5 aromatic heterocycles. The van der Waals surface area contributed by atoms with Gasteiger partial charge in [0.25, 0.3) is 0 Å². The number of rotatable bonds is 2. The lowest BCUT2D eigenvalue weighted by Gasteiger charge is -2.08. The Morgan fingerprint density at radius 1 is 0.532 bits per heavy atom. The second-order valence-electron chi connectivity index (χ2n) is 9.29. The van der Waals surface area contributed by atoms with Crippen LogP contribution in [0.15, 0.2) is 41.3 Å². The number of fused-ring (bicyclic) bond motifs is 6. The molecule has 0 amide bonds. The van der Waals surface area contributed by atoms with Crippen LogP contribution >= 0.6 is 0 Å². The Kier molecular flexibility index (Phi) is 6.82. The molecule has 0 radical (unpaired) electrons. The normalized spacial score (nSPS) is 11.5. The fourth-order valence-electron chi connectivity index (χ4n) is 5.04. The summed E-state index contributed by atoms with van der Waals surface area (Å²) in [5.74, 6) is -0.801. The molecule has 0 saturated heterocycles. The highest BCUT2D eigenvalue weighted by molar-refractivity contribution is 6.21. The van der Waals surface area contributed by atoms with Crippen LogP contribution in [0.1, 0.15) is 45.6 Å². The summed E-state index contributed by atoms with van der Waals surface area (Å²) in [4.78, 5) is 24.5. The largest absolute Gasteiger partial charge is 0.464 e. The van der Waals surface area contributed by atoms with E-state index in [-0.39, 0.29) is 55.5 Å². The minimum Gasteiger partial charge on any atom is -0.464 e. The first kappa shape index (κ1) is 28.5. The number of nitriles is 8. The smallest absolute Gasteiger partial charge is 0.234 e. The van der Waals surface area contributed by atoms with Gasteiger partial charge in [-0.3, -0.25) is 9.97 Å². The van der Waals surface area contributed by atoms with Crippen LogP contribution in [0.5, 0.6) is 0 Å². The van der Waals surface area contributed by atoms with Crippen molar-refractivity contribution in [2.24, 2.45) is 0 Å². The quantitative estimate of drug-likeness (QED) is 0.255. The fraction of sp³-hybridized carbons (Fsp3) is 0. The molecule has 0 spiro atoms. The van der Waals surface area contributed by atoms with E-state index in [0.29, 0.717) is 32.8 Å². The molecule has 0 atom stereocenters. The first-order chi connectivity index (χ1) is 22.9. The molecule has 0 bridgehead atoms. The standard InChI is InChI=1S/C32H6N14O/c33-5-20(28-22(7-35)43-26(11-39)44-23(28)8-36)15-3-18-17-1-2-47-32(17)19-4-16(14-42-31(19)30(18)41-13-15)21(6-34)29-24(9-37)45-27(12-40)46-25(29)10-38/h1-4,13-14H/b20-15+,21-16-. The molecule has 0 fully saturated rings. The summed E-state index contributed by atoms with van der Waals surface area (Å²) in [6.07, 6.45) is 4.10. The van der Waals surface area contributed by atoms with Crippen LogP contribution in [0, 0.1) is 90.6 Å². The molecule has 0 aliphatic carbocycles. The summed E-state index contributed by atoms with van der Waals surface area (Å²) in [6, 6.07) is 19.4. The molecule has 210 valence electrons. The Morgan fingerprint density at radius 2 is 0.957 bits per heavy atom. The molecule has 6 rings (SSSR count). The van der Waals surface area contributed by atoms with Gasteiger partial charge in [-0.25, -0.2) is 19.9 Å². The number of pyridine rings is 2. The number of furan rings is 1. The number of nitrogens with zero attached hydrogens (tertiary/aromatic N) is 14. The van der Waals surface area contributed by atoms with E-state index < -0.39 is 11.6 Å². The van der Waals surface area contributed by atoms with E-state index in [0.717, 1.165) is 0 Å². The molecule has 1 aromatic carbocycles. The summed E-state index contributed by atoms with van der Waals surface area (Å²) >= 11 is 0. The van der Waals surface area contributed by atoms with Gasteiger partial charge in [0, 0.05) is 39.0 Å². The zero-order chi connectivity index (χ0) is 33.2. The van der Waals surface area contributed by atoms with Gasteiger partial charge < -0.3 is 4.42 Å². The van der Waals surface area contributed by atoms with Crippen molar-refractivity contribution in [1.82, 2.24) is 29.9 Å². The molecule has 0 unspecified atom stereocenters. The van der Waals surface area contributed by atoms with Crippen molar-refractivity contribution in [3.63, 3.8) is 0 Å². The molecule has 0 aliphatic heterocycles. The molecule has 15 nitrogen and oxygen atoms in total. The van der Waals surface area contributed by atoms with Crippen molar-refractivity contribution in [3.8, 4) is 48.6 Å². The molecule has 0 aliphatic rings. The maximum Gasteiger partial charge on any atom is 0.234 e. The van der Waals surface area contributed by atoms with Gasteiger partial charge >= 0.3 is 0 Å². The van der Waals surface area contributed by atoms with Crippen LogP contribution in [0.3, 0.4) is 0 Å². The number of hydrogen-bond acceptors (Lipinski definition) is 15. The molecule has 15 heteroatoms. The van der Waals surface area contributed by atoms with Gasteiger partial charge in [0.2, 0.25) is 11.6 Å². The maximum absolute atomic E-state index is 10.1. The first-order valence-corrected chi connectivity index (χ1v) is 12.8. The first-order valence-electron chi connectivity index (χ1n) is 12.8. The number of aromatic nitrogens is 6. The van der Waals surface area contributed by atoms with E-state index in [2.05, 4.69) is 29.9 Å². The summed E-state index contributed by atoms with van der Waals surface area (Å²) < 4.78 is 5.81. The molecule has 5 heterocycles. The van der Waals surface area contributed by atoms with Crippen molar-refractivity contribution in [1.29, 1.82) is 42.1 Å². The third-order valence-corrected chi connectivity index (χ3v) is 6.94. The lowest BCUT2D eigenvalue weighted by molar-refractivity contribution is 0.619. The maximum atomic E-state index is 10.1. The average Bonchev–Trinajstić information content (AvgIpc) is 3.63. The van der Waals surface area contributed by atoms with Gasteiger partial charge in [-0.1, -0.05) is 0 Å². The van der Waals surface area contributed by atoms with Crippen molar-refractivity contribution in [2.45, 2.75) is 0 Å². The molecular weight excluding hydrogens is 596 g/mol. The molecule has 6 aromatic rings. The van der Waals surface area contributed by atoms with E-state index >= 15 is 0 Å². The molecule has 47 heavy (non-hydrogen) atoms. The Labute approximate surface area is 261 Å². The Hall–Kier alpha value is -8.60. The number of hydrogen-bond donors (Lipinski definition) is 0. The SMILES string of the molecule is N#C/C(c1c(C#N)nc(C#N)nc1C#N)=c1\cnc2c(c1)c1ccoc1c1c/c(=C(\C#N)c3c(C#N)nc(C#N)nc3C#N)cnc12. The number of benzene rings is 1. The minimum atomic E-state index is -0.402. The fourth-order valence-corrected chi connectivity index (χ4v) is 5.04. The lowest BCUT2D eigenvalue weighted by atomic mass is 9.98. The lowest BCUT2D eigenvalue weighted by Crippen LogP contribution is -2.13. The average molecular weight is 602 g/mol. The van der Waals surface area contributed by atoms with Crippen LogP contribution in [0.2, 0.25) is 0 Å². The second-order valence-corrected chi connectivity index (χ2v) is 9.29. The van der Waals surface area contributed by atoms with E-state index in [1.54, 1.807) is 30.3 Å². The van der Waals surface area contributed by atoms with Crippen molar-refractivity contribution < 1.29 is 4.42 Å². The van der Waals surface area contributed by atoms with Crippen molar-refractivity contribution >= 4 is 43.9 Å². The molecule has 0 saturated carbocycles. The van der Waals surface area contributed by atoms with Crippen LogP contribution in [0.25, 0.3) is 43.9 Å². The highest BCUT2D eigenvalue weighted by Gasteiger charge is 2.22. The van der Waals surface area contributed by atoms with Crippen molar-refractivity contribution in [3.05, 3.63) is 92.8 Å². The van der Waals surface area contributed by atoms with Gasteiger partial charge in [0.05, 0.1) is 34.1 Å². The second kappa shape index (κ2) is 11.2. The van der Waals surface area contributed by atoms with Gasteiger partial charge in [0.15, 0.2) is 22.8 Å². The van der Waals surface area contributed by atoms with Gasteiger partial charge in [-0.2, -0.15) is 42.1 Å². The zero-order valence-electron chi connectivity index (χ0n) is 23.1. The minimum absolute atomic E-state index is 0.128. The summed E-state index contributed by atoms with van der Waals surface area (Å²) in [7, 11) is 0. The Bertz CT molecular complexity index is 2630. The predicted octanol–water partition coefficient (Wildman–Crippen LogP) is 1.78. The molecular formula is C32H6N14O. The van der Waals surface area contributed by atoms with E-state index in [1.807, 2.05) is 36.4 Å². The van der Waals surface area contributed by atoms with E-state index in [9.17, 15) is 42.1 Å². The van der Waals surface area contributed by atoms with Gasteiger partial charge in [-0.15, -0.1) is 0 Å². The monoisotopic (exact) mass is 602 g/mol. The summed E-state index contributed by atoms with van der Waals surface area (Å²) in [5, 5.41) is 79.3. The van der Waals surface area contributed by atoms with Gasteiger partial charge in [-0.05, 0) is 18.2 Å². The van der Waals surface area contributed by atoms with Crippen LogP contribution in [0.4, 0.5) is 0 Å². The topological polar surface area (TPSA) is 281 Å². The summed E-state index contributed by atoms with van der Waals surface area (Å²) in [6.45, 7) is 0. The van der Waals surface area contributed by atoms with Crippen molar-refractivity contribution in [2.75, 3.05) is 0 Å². The van der Waals surface area contributed by atoms with E-state index in [1.165, 1.54) is 18.7 Å². The van der Waals surface area contributed by atoms with Crippen LogP contribution < -0.4 is 10.4 Å². The summed E-state index contributed by atoms with van der Waals surface area (Å²) in [5.41, 5.74) is -0.876. The molecule has 0 N–H and O–H groups in total. The zero-order valence-corrected chi connectivity index (χ0v) is 23.1. The third-order valence-electron chi connectivity index (χ3n) is 6.94. The third kappa shape index (κ3) is 4.38. The predicted molar refractivity (Wildman–Crippen MR) is 155 cm³/mol. The highest BCUT2D eigenvalue weighted by Crippen LogP contribution is 2.33. The highest BCUT2D eigenvalue weighted by atomic mass is 16.3. The Morgan fingerprint density at radius 3 is 1.36 bits per heavy atom. The van der Waals surface area contributed by atoms with E-state index in [4.69, 9.17) is 4.42 Å². The van der Waals surface area contributed by atoms with Gasteiger partial charge in [0.1, 0.15) is 59.7 Å². The van der Waals surface area contributed by atoms with Crippen LogP contribution in [-0.4, -0.2) is 29.9 Å². The van der Waals surface area contributed by atoms with Crippen LogP contribution in [-0.2, 0) is 0 Å².